The number of hydrogen-bond donors (Lipinski definition) is 1. The van der Waals surface area contributed by atoms with Crippen molar-refractivity contribution in [2.24, 2.45) is 17.6 Å². The molecule has 3 heteroatoms. The van der Waals surface area contributed by atoms with Crippen LogP contribution in [0.15, 0.2) is 0 Å². The van der Waals surface area contributed by atoms with Gasteiger partial charge in [0.05, 0.1) is 0 Å². The number of rotatable bonds is 3. The van der Waals surface area contributed by atoms with E-state index in [1.54, 1.807) is 0 Å². The minimum absolute atomic E-state index is 0.355. The van der Waals surface area contributed by atoms with Gasteiger partial charge in [-0.3, -0.25) is 9.80 Å². The fourth-order valence-electron chi connectivity index (χ4n) is 4.58. The molecule has 2 aliphatic heterocycles. The van der Waals surface area contributed by atoms with Crippen LogP contribution >= 0.6 is 0 Å². The Bertz CT molecular complexity index is 309. The molecule has 1 aliphatic carbocycles. The molecule has 0 aromatic rings. The largest absolute Gasteiger partial charge is 0.329 e. The van der Waals surface area contributed by atoms with Crippen molar-refractivity contribution in [1.29, 1.82) is 0 Å². The Kier molecular flexibility index (Phi) is 3.89. The van der Waals surface area contributed by atoms with E-state index in [-0.39, 0.29) is 0 Å². The Morgan fingerprint density at radius 3 is 2.58 bits per heavy atom. The van der Waals surface area contributed by atoms with Crippen LogP contribution in [0.2, 0.25) is 0 Å². The van der Waals surface area contributed by atoms with Gasteiger partial charge in [-0.2, -0.15) is 0 Å². The van der Waals surface area contributed by atoms with Gasteiger partial charge < -0.3 is 5.73 Å². The lowest BCUT2D eigenvalue weighted by atomic mass is 9.63. The first-order chi connectivity index (χ1) is 9.14. The highest BCUT2D eigenvalue weighted by atomic mass is 15.3. The monoisotopic (exact) mass is 265 g/mol. The summed E-state index contributed by atoms with van der Waals surface area (Å²) in [6.07, 6.45) is 6.83. The third-order valence-electron chi connectivity index (χ3n) is 6.08. The molecule has 3 fully saturated rings. The molecule has 110 valence electrons. The van der Waals surface area contributed by atoms with Crippen molar-refractivity contribution in [3.05, 3.63) is 0 Å². The minimum Gasteiger partial charge on any atom is -0.329 e. The second kappa shape index (κ2) is 5.34. The molecule has 1 unspecified atom stereocenters. The topological polar surface area (TPSA) is 32.5 Å². The summed E-state index contributed by atoms with van der Waals surface area (Å²) in [6, 6.07) is 0.823. The van der Waals surface area contributed by atoms with Gasteiger partial charge in [0.2, 0.25) is 0 Å². The molecule has 0 aromatic heterocycles. The van der Waals surface area contributed by atoms with Crippen molar-refractivity contribution in [2.45, 2.75) is 57.5 Å². The quantitative estimate of drug-likeness (QED) is 0.846. The van der Waals surface area contributed by atoms with Crippen molar-refractivity contribution in [1.82, 2.24) is 9.80 Å². The molecule has 0 spiro atoms. The predicted molar refractivity (Wildman–Crippen MR) is 80.1 cm³/mol. The van der Waals surface area contributed by atoms with Crippen molar-refractivity contribution in [3.63, 3.8) is 0 Å². The molecule has 19 heavy (non-hydrogen) atoms. The Morgan fingerprint density at radius 1 is 1.16 bits per heavy atom. The summed E-state index contributed by atoms with van der Waals surface area (Å²) in [6.45, 7) is 10.8. The van der Waals surface area contributed by atoms with Crippen molar-refractivity contribution in [2.75, 3.05) is 32.7 Å². The first-order valence-electron chi connectivity index (χ1n) is 8.34. The van der Waals surface area contributed by atoms with E-state index in [1.165, 1.54) is 58.3 Å². The third kappa shape index (κ3) is 2.45. The van der Waals surface area contributed by atoms with Crippen molar-refractivity contribution >= 4 is 0 Å². The summed E-state index contributed by atoms with van der Waals surface area (Å²) in [7, 11) is 0. The summed E-state index contributed by atoms with van der Waals surface area (Å²) < 4.78 is 0. The molecule has 2 heterocycles. The van der Waals surface area contributed by atoms with Crippen LogP contribution in [0.25, 0.3) is 0 Å². The molecule has 2 saturated heterocycles. The van der Waals surface area contributed by atoms with Crippen molar-refractivity contribution in [3.8, 4) is 0 Å². The summed E-state index contributed by atoms with van der Waals surface area (Å²) in [5.74, 6) is 1.74. The average molecular weight is 265 g/mol. The summed E-state index contributed by atoms with van der Waals surface area (Å²) in [5, 5.41) is 0. The van der Waals surface area contributed by atoms with E-state index in [0.717, 1.165) is 24.4 Å². The van der Waals surface area contributed by atoms with E-state index >= 15 is 0 Å². The van der Waals surface area contributed by atoms with Crippen LogP contribution in [0.5, 0.6) is 0 Å². The van der Waals surface area contributed by atoms with Crippen LogP contribution in [0.3, 0.4) is 0 Å². The second-order valence-corrected chi connectivity index (χ2v) is 7.47. The maximum atomic E-state index is 6.19. The van der Waals surface area contributed by atoms with Crippen LogP contribution in [0.1, 0.15) is 46.0 Å². The van der Waals surface area contributed by atoms with Crippen LogP contribution in [-0.4, -0.2) is 54.1 Å². The highest BCUT2D eigenvalue weighted by molar-refractivity contribution is 5.05. The third-order valence-corrected chi connectivity index (χ3v) is 6.08. The molecular weight excluding hydrogens is 234 g/mol. The predicted octanol–water partition coefficient (Wildman–Crippen LogP) is 1.92. The molecule has 3 rings (SSSR count). The fraction of sp³-hybridized carbons (Fsp3) is 1.00. The van der Waals surface area contributed by atoms with Crippen LogP contribution < -0.4 is 5.73 Å². The molecule has 0 bridgehead atoms. The second-order valence-electron chi connectivity index (χ2n) is 7.47. The van der Waals surface area contributed by atoms with E-state index in [1.807, 2.05) is 0 Å². The molecule has 3 nitrogen and oxygen atoms in total. The SMILES string of the molecule is CC(C)C1CC(CN)(N2CCCN3CCCC3C2)C1. The van der Waals surface area contributed by atoms with Crippen LogP contribution in [-0.2, 0) is 0 Å². The smallest absolute Gasteiger partial charge is 0.0337 e. The maximum absolute atomic E-state index is 6.19. The van der Waals surface area contributed by atoms with Gasteiger partial charge in [0.15, 0.2) is 0 Å². The van der Waals surface area contributed by atoms with E-state index in [0.29, 0.717) is 5.54 Å². The van der Waals surface area contributed by atoms with Gasteiger partial charge in [0.25, 0.3) is 0 Å². The molecule has 1 atom stereocenters. The molecule has 2 N–H and O–H groups in total. The van der Waals surface area contributed by atoms with Gasteiger partial charge in [-0.25, -0.2) is 0 Å². The van der Waals surface area contributed by atoms with E-state index in [4.69, 9.17) is 5.73 Å². The van der Waals surface area contributed by atoms with E-state index in [9.17, 15) is 0 Å². The first-order valence-corrected chi connectivity index (χ1v) is 8.34. The average Bonchev–Trinajstić information content (AvgIpc) is 2.66. The molecule has 0 aromatic carbocycles. The Balaban J connectivity index is 1.66. The van der Waals surface area contributed by atoms with Crippen LogP contribution in [0.4, 0.5) is 0 Å². The fourth-order valence-corrected chi connectivity index (χ4v) is 4.58. The van der Waals surface area contributed by atoms with E-state index < -0.39 is 0 Å². The molecule has 0 amide bonds. The Hall–Kier alpha value is -0.120. The van der Waals surface area contributed by atoms with Crippen molar-refractivity contribution < 1.29 is 0 Å². The number of fused-ring (bicyclic) bond motifs is 1. The van der Waals surface area contributed by atoms with Gasteiger partial charge in [0.1, 0.15) is 0 Å². The highest BCUT2D eigenvalue weighted by Gasteiger charge is 2.49. The van der Waals surface area contributed by atoms with Gasteiger partial charge in [-0.1, -0.05) is 13.8 Å². The van der Waals surface area contributed by atoms with Gasteiger partial charge in [0, 0.05) is 31.2 Å². The molecular formula is C16H31N3. The molecule has 1 saturated carbocycles. The summed E-state index contributed by atoms with van der Waals surface area (Å²) >= 11 is 0. The van der Waals surface area contributed by atoms with Gasteiger partial charge in [-0.05, 0) is 57.0 Å². The lowest BCUT2D eigenvalue weighted by Gasteiger charge is -2.55. The zero-order chi connectivity index (χ0) is 13.5. The summed E-state index contributed by atoms with van der Waals surface area (Å²) in [5.41, 5.74) is 6.55. The highest BCUT2D eigenvalue weighted by Crippen LogP contribution is 2.46. The zero-order valence-corrected chi connectivity index (χ0v) is 12.8. The normalized spacial score (nSPS) is 41.1. The number of nitrogens with two attached hydrogens (primary N) is 1. The summed E-state index contributed by atoms with van der Waals surface area (Å²) in [4.78, 5) is 5.50. The molecule has 0 radical (unpaired) electrons. The zero-order valence-electron chi connectivity index (χ0n) is 12.8. The number of hydrogen-bond acceptors (Lipinski definition) is 3. The van der Waals surface area contributed by atoms with E-state index in [2.05, 4.69) is 23.6 Å². The Morgan fingerprint density at radius 2 is 1.89 bits per heavy atom. The Labute approximate surface area is 118 Å². The van der Waals surface area contributed by atoms with Gasteiger partial charge in [-0.15, -0.1) is 0 Å². The van der Waals surface area contributed by atoms with Gasteiger partial charge >= 0.3 is 0 Å². The lowest BCUT2D eigenvalue weighted by Crippen LogP contribution is -2.63. The standard InChI is InChI=1S/C16H31N3/c1-13(2)14-9-16(10-14,12-17)19-8-4-7-18-6-3-5-15(18)11-19/h13-15H,3-12,17H2,1-2H3. The lowest BCUT2D eigenvalue weighted by molar-refractivity contribution is -0.0376. The van der Waals surface area contributed by atoms with Crippen LogP contribution in [0, 0.1) is 11.8 Å². The molecule has 3 aliphatic rings. The number of nitrogens with zero attached hydrogens (tertiary/aromatic N) is 2. The maximum Gasteiger partial charge on any atom is 0.0337 e. The minimum atomic E-state index is 0.355. The first kappa shape index (κ1) is 13.8.